The third-order valence-corrected chi connectivity index (χ3v) is 2.01. The molecule has 2 N–H and O–H groups in total. The molecule has 1 aromatic carbocycles. The lowest BCUT2D eigenvalue weighted by Gasteiger charge is -2.03. The second-order valence-electron chi connectivity index (χ2n) is 3.41. The number of esters is 2. The summed E-state index contributed by atoms with van der Waals surface area (Å²) >= 11 is 0. The number of hydrogen-bond donors (Lipinski definition) is 1. The minimum Gasteiger partial charge on any atom is -0.461 e. The van der Waals surface area contributed by atoms with Crippen LogP contribution in [0.5, 0.6) is 0 Å². The Hall–Kier alpha value is -2.30. The molecule has 0 radical (unpaired) electrons. The third-order valence-electron chi connectivity index (χ3n) is 2.01. The molecule has 0 heterocycles. The van der Waals surface area contributed by atoms with Gasteiger partial charge in [-0.05, 0) is 12.5 Å². The molecule has 0 atom stereocenters. The van der Waals surface area contributed by atoms with Crippen molar-refractivity contribution in [1.82, 2.24) is 0 Å². The Balaban J connectivity index is 2.46. The van der Waals surface area contributed by atoms with Crippen LogP contribution in [0.4, 0.5) is 0 Å². The molecule has 0 aromatic heterocycles. The van der Waals surface area contributed by atoms with E-state index in [9.17, 15) is 9.59 Å². The second-order valence-corrected chi connectivity index (χ2v) is 3.41. The van der Waals surface area contributed by atoms with E-state index in [-0.39, 0.29) is 18.9 Å². The summed E-state index contributed by atoms with van der Waals surface area (Å²) in [5.41, 5.74) is 5.95. The van der Waals surface area contributed by atoms with Crippen molar-refractivity contribution in [3.05, 3.63) is 47.7 Å². The van der Waals surface area contributed by atoms with E-state index in [1.54, 1.807) is 6.92 Å². The molecule has 1 aromatic rings. The highest BCUT2D eigenvalue weighted by molar-refractivity contribution is 5.95. The van der Waals surface area contributed by atoms with Gasteiger partial charge in [0, 0.05) is 0 Å². The fraction of sp³-hybridized carbons (Fsp3) is 0.231. The van der Waals surface area contributed by atoms with Crippen molar-refractivity contribution in [3.8, 4) is 0 Å². The Morgan fingerprint density at radius 2 is 1.89 bits per heavy atom. The maximum atomic E-state index is 11.3. The van der Waals surface area contributed by atoms with Gasteiger partial charge < -0.3 is 15.2 Å². The summed E-state index contributed by atoms with van der Waals surface area (Å²) in [5.74, 6) is -1.40. The molecule has 0 spiro atoms. The summed E-state index contributed by atoms with van der Waals surface area (Å²) < 4.78 is 9.55. The standard InChI is InChI=1S/C13H15NO4/c1-2-17-13(16)11(14)8-12(15)18-9-10-6-4-3-5-7-10/h3-8H,2,9,14H2,1H3. The molecule has 0 aliphatic rings. The zero-order valence-corrected chi connectivity index (χ0v) is 10.1. The quantitative estimate of drug-likeness (QED) is 0.625. The van der Waals surface area contributed by atoms with Crippen LogP contribution in [0.3, 0.4) is 0 Å². The number of benzene rings is 1. The third kappa shape index (κ3) is 4.69. The first-order chi connectivity index (χ1) is 8.63. The van der Waals surface area contributed by atoms with Crippen LogP contribution in [-0.2, 0) is 25.7 Å². The monoisotopic (exact) mass is 249 g/mol. The van der Waals surface area contributed by atoms with Crippen molar-refractivity contribution in [2.45, 2.75) is 13.5 Å². The number of rotatable bonds is 5. The van der Waals surface area contributed by atoms with Crippen LogP contribution in [0, 0.1) is 0 Å². The fourth-order valence-corrected chi connectivity index (χ4v) is 1.17. The second kappa shape index (κ2) is 7.11. The lowest BCUT2D eigenvalue weighted by atomic mass is 10.2. The highest BCUT2D eigenvalue weighted by Crippen LogP contribution is 2.01. The van der Waals surface area contributed by atoms with E-state index in [0.717, 1.165) is 11.6 Å². The molecule has 5 heteroatoms. The average molecular weight is 249 g/mol. The molecule has 96 valence electrons. The van der Waals surface area contributed by atoms with Gasteiger partial charge in [0.15, 0.2) is 0 Å². The summed E-state index contributed by atoms with van der Waals surface area (Å²) in [5, 5.41) is 0. The van der Waals surface area contributed by atoms with E-state index < -0.39 is 11.9 Å². The van der Waals surface area contributed by atoms with Crippen LogP contribution < -0.4 is 5.73 Å². The van der Waals surface area contributed by atoms with Crippen molar-refractivity contribution >= 4 is 11.9 Å². The predicted molar refractivity (Wildman–Crippen MR) is 65.1 cm³/mol. The summed E-state index contributed by atoms with van der Waals surface area (Å²) in [6.45, 7) is 1.98. The molecular formula is C13H15NO4. The summed E-state index contributed by atoms with van der Waals surface area (Å²) in [6, 6.07) is 9.19. The smallest absolute Gasteiger partial charge is 0.354 e. The molecule has 18 heavy (non-hydrogen) atoms. The van der Waals surface area contributed by atoms with E-state index in [1.165, 1.54) is 0 Å². The van der Waals surface area contributed by atoms with E-state index in [1.807, 2.05) is 30.3 Å². The molecule has 0 bridgehead atoms. The summed E-state index contributed by atoms with van der Waals surface area (Å²) in [6.07, 6.45) is 0.918. The Morgan fingerprint density at radius 3 is 2.50 bits per heavy atom. The molecule has 0 fully saturated rings. The van der Waals surface area contributed by atoms with Gasteiger partial charge >= 0.3 is 11.9 Å². The Morgan fingerprint density at radius 1 is 1.22 bits per heavy atom. The number of nitrogens with two attached hydrogens (primary N) is 1. The Kier molecular flexibility index (Phi) is 5.44. The molecule has 0 unspecified atom stereocenters. The van der Waals surface area contributed by atoms with Crippen LogP contribution in [-0.4, -0.2) is 18.5 Å². The van der Waals surface area contributed by atoms with Crippen LogP contribution in [0.1, 0.15) is 12.5 Å². The van der Waals surface area contributed by atoms with Gasteiger partial charge in [0.25, 0.3) is 0 Å². The normalized spacial score (nSPS) is 10.8. The van der Waals surface area contributed by atoms with E-state index in [2.05, 4.69) is 4.74 Å². The van der Waals surface area contributed by atoms with E-state index >= 15 is 0 Å². The lowest BCUT2D eigenvalue weighted by molar-refractivity contribution is -0.141. The van der Waals surface area contributed by atoms with Gasteiger partial charge in [-0.3, -0.25) is 0 Å². The summed E-state index contributed by atoms with van der Waals surface area (Å²) in [4.78, 5) is 22.5. The fourth-order valence-electron chi connectivity index (χ4n) is 1.17. The van der Waals surface area contributed by atoms with Crippen molar-refractivity contribution < 1.29 is 19.1 Å². The molecule has 0 amide bonds. The van der Waals surface area contributed by atoms with E-state index in [4.69, 9.17) is 10.5 Å². The molecule has 0 aliphatic heterocycles. The minimum atomic E-state index is -0.728. The molecule has 0 saturated carbocycles. The van der Waals surface area contributed by atoms with Crippen LogP contribution in [0.25, 0.3) is 0 Å². The van der Waals surface area contributed by atoms with Gasteiger partial charge in [-0.2, -0.15) is 0 Å². The first kappa shape index (κ1) is 13.8. The van der Waals surface area contributed by atoms with Gasteiger partial charge in [-0.1, -0.05) is 30.3 Å². The number of carbonyl (C=O) groups is 2. The van der Waals surface area contributed by atoms with Crippen LogP contribution >= 0.6 is 0 Å². The van der Waals surface area contributed by atoms with Gasteiger partial charge in [-0.15, -0.1) is 0 Å². The van der Waals surface area contributed by atoms with Gasteiger partial charge in [0.1, 0.15) is 12.3 Å². The Bertz CT molecular complexity index is 440. The first-order valence-electron chi connectivity index (χ1n) is 5.48. The number of ether oxygens (including phenoxy) is 2. The van der Waals surface area contributed by atoms with Crippen LogP contribution in [0.15, 0.2) is 42.1 Å². The molecule has 1 rings (SSSR count). The van der Waals surface area contributed by atoms with Gasteiger partial charge in [0.2, 0.25) is 0 Å². The molecule has 0 saturated heterocycles. The van der Waals surface area contributed by atoms with Crippen LogP contribution in [0.2, 0.25) is 0 Å². The first-order valence-corrected chi connectivity index (χ1v) is 5.48. The topological polar surface area (TPSA) is 78.6 Å². The largest absolute Gasteiger partial charge is 0.461 e. The van der Waals surface area contributed by atoms with Gasteiger partial charge in [-0.25, -0.2) is 9.59 Å². The van der Waals surface area contributed by atoms with Crippen molar-refractivity contribution in [1.29, 1.82) is 0 Å². The highest BCUT2D eigenvalue weighted by Gasteiger charge is 2.09. The van der Waals surface area contributed by atoms with E-state index in [0.29, 0.717) is 0 Å². The SMILES string of the molecule is CCOC(=O)C(N)=CC(=O)OCc1ccccc1. The minimum absolute atomic E-state index is 0.131. The zero-order chi connectivity index (χ0) is 13.4. The Labute approximate surface area is 105 Å². The molecular weight excluding hydrogens is 234 g/mol. The molecule has 0 aliphatic carbocycles. The predicted octanol–water partition coefficient (Wildman–Crippen LogP) is 1.14. The maximum Gasteiger partial charge on any atom is 0.354 e. The maximum absolute atomic E-state index is 11.3. The van der Waals surface area contributed by atoms with Crippen molar-refractivity contribution in [2.75, 3.05) is 6.61 Å². The average Bonchev–Trinajstić information content (AvgIpc) is 2.38. The highest BCUT2D eigenvalue weighted by atomic mass is 16.5. The number of carbonyl (C=O) groups excluding carboxylic acids is 2. The number of hydrogen-bond acceptors (Lipinski definition) is 5. The van der Waals surface area contributed by atoms with Gasteiger partial charge in [0.05, 0.1) is 12.7 Å². The van der Waals surface area contributed by atoms with Crippen molar-refractivity contribution in [2.24, 2.45) is 5.73 Å². The zero-order valence-electron chi connectivity index (χ0n) is 10.1. The summed E-state index contributed by atoms with van der Waals surface area (Å²) in [7, 11) is 0. The molecule has 5 nitrogen and oxygen atoms in total. The lowest BCUT2D eigenvalue weighted by Crippen LogP contribution is -2.17. The van der Waals surface area contributed by atoms with Crippen molar-refractivity contribution in [3.63, 3.8) is 0 Å².